The maximum Gasteiger partial charge on any atom is 0.0727 e. The third-order valence-electron chi connectivity index (χ3n) is 3.11. The number of hydrogen-bond donors (Lipinski definition) is 2. The lowest BCUT2D eigenvalue weighted by Crippen LogP contribution is -2.20. The van der Waals surface area contributed by atoms with Crippen LogP contribution in [0, 0.1) is 6.92 Å². The molecule has 1 aromatic heterocycles. The Morgan fingerprint density at radius 1 is 1.42 bits per heavy atom. The lowest BCUT2D eigenvalue weighted by atomic mass is 10.1. The standard InChI is InChI=1S/C14H19N3OS/c1-9-6-14(16-8-10(2)19(3)18)12-7-11(15)4-5-13(12)17-9/h4-7,10H,8,15H2,1-3H3,(H,16,17). The van der Waals surface area contributed by atoms with Crippen molar-refractivity contribution >= 4 is 33.1 Å². The van der Waals surface area contributed by atoms with Crippen LogP contribution in [0.1, 0.15) is 12.6 Å². The zero-order chi connectivity index (χ0) is 14.0. The fourth-order valence-electron chi connectivity index (χ4n) is 1.89. The van der Waals surface area contributed by atoms with Crippen LogP contribution in [0.25, 0.3) is 10.9 Å². The first kappa shape index (κ1) is 13.8. The number of pyridine rings is 1. The third kappa shape index (κ3) is 3.23. The second kappa shape index (κ2) is 5.57. The van der Waals surface area contributed by atoms with Crippen molar-refractivity contribution in [3.8, 4) is 0 Å². The van der Waals surface area contributed by atoms with E-state index in [1.165, 1.54) is 0 Å². The van der Waals surface area contributed by atoms with Gasteiger partial charge in [0.2, 0.25) is 0 Å². The third-order valence-corrected chi connectivity index (χ3v) is 4.41. The molecule has 5 heteroatoms. The number of rotatable bonds is 4. The highest BCUT2D eigenvalue weighted by Gasteiger charge is 2.08. The van der Waals surface area contributed by atoms with Crippen molar-refractivity contribution in [2.24, 2.45) is 0 Å². The van der Waals surface area contributed by atoms with E-state index in [1.54, 1.807) is 6.26 Å². The summed E-state index contributed by atoms with van der Waals surface area (Å²) in [7, 11) is -0.830. The number of nitrogens with one attached hydrogen (secondary N) is 1. The van der Waals surface area contributed by atoms with Gasteiger partial charge in [0.25, 0.3) is 0 Å². The summed E-state index contributed by atoms with van der Waals surface area (Å²) in [5.74, 6) is 0. The van der Waals surface area contributed by atoms with Crippen LogP contribution in [0.3, 0.4) is 0 Å². The van der Waals surface area contributed by atoms with Crippen molar-refractivity contribution in [1.29, 1.82) is 0 Å². The van der Waals surface area contributed by atoms with Gasteiger partial charge in [-0.1, -0.05) is 0 Å². The Morgan fingerprint density at radius 3 is 2.84 bits per heavy atom. The SMILES string of the molecule is Cc1cc(NCC(C)S(C)=O)c2cc(N)ccc2n1. The van der Waals surface area contributed by atoms with Gasteiger partial charge in [-0.25, -0.2) is 0 Å². The number of anilines is 2. The van der Waals surface area contributed by atoms with Gasteiger partial charge in [-0.15, -0.1) is 0 Å². The lowest BCUT2D eigenvalue weighted by Gasteiger charge is -2.14. The molecule has 1 aromatic carbocycles. The molecule has 0 amide bonds. The zero-order valence-electron chi connectivity index (χ0n) is 11.4. The van der Waals surface area contributed by atoms with Crippen LogP contribution in [0.15, 0.2) is 24.3 Å². The van der Waals surface area contributed by atoms with E-state index in [4.69, 9.17) is 5.73 Å². The van der Waals surface area contributed by atoms with Gasteiger partial charge in [0, 0.05) is 51.3 Å². The molecule has 2 atom stereocenters. The topological polar surface area (TPSA) is 68.0 Å². The summed E-state index contributed by atoms with van der Waals surface area (Å²) < 4.78 is 11.4. The smallest absolute Gasteiger partial charge is 0.0727 e. The highest BCUT2D eigenvalue weighted by atomic mass is 32.2. The van der Waals surface area contributed by atoms with Gasteiger partial charge in [0.05, 0.1) is 5.52 Å². The van der Waals surface area contributed by atoms with Crippen molar-refractivity contribution in [3.05, 3.63) is 30.0 Å². The number of benzene rings is 1. The number of aromatic nitrogens is 1. The molecule has 0 bridgehead atoms. The second-order valence-corrected chi connectivity index (χ2v) is 6.58. The second-order valence-electron chi connectivity index (χ2n) is 4.78. The van der Waals surface area contributed by atoms with E-state index in [2.05, 4.69) is 10.3 Å². The summed E-state index contributed by atoms with van der Waals surface area (Å²) in [6.45, 7) is 4.59. The number of aryl methyl sites for hydroxylation is 1. The van der Waals surface area contributed by atoms with Crippen LogP contribution in [-0.4, -0.2) is 27.2 Å². The summed E-state index contributed by atoms with van der Waals surface area (Å²) in [6.07, 6.45) is 1.72. The highest BCUT2D eigenvalue weighted by Crippen LogP contribution is 2.25. The Labute approximate surface area is 115 Å². The van der Waals surface area contributed by atoms with E-state index in [1.807, 2.05) is 38.1 Å². The molecule has 19 heavy (non-hydrogen) atoms. The lowest BCUT2D eigenvalue weighted by molar-refractivity contribution is 0.679. The molecule has 0 aliphatic rings. The Hall–Kier alpha value is -1.62. The molecule has 0 saturated heterocycles. The predicted octanol–water partition coefficient (Wildman–Crippen LogP) is 2.30. The minimum atomic E-state index is -0.830. The number of nitrogens with zero attached hydrogens (tertiary/aromatic N) is 1. The van der Waals surface area contributed by atoms with Crippen LogP contribution >= 0.6 is 0 Å². The predicted molar refractivity (Wildman–Crippen MR) is 82.9 cm³/mol. The van der Waals surface area contributed by atoms with E-state index in [-0.39, 0.29) is 5.25 Å². The average molecular weight is 277 g/mol. The van der Waals surface area contributed by atoms with Crippen molar-refractivity contribution in [1.82, 2.24) is 4.98 Å². The Kier molecular flexibility index (Phi) is 4.04. The van der Waals surface area contributed by atoms with E-state index >= 15 is 0 Å². The molecule has 0 fully saturated rings. The molecule has 2 unspecified atom stereocenters. The fraction of sp³-hybridized carbons (Fsp3) is 0.357. The number of nitrogen functional groups attached to an aromatic ring is 1. The molecule has 0 aliphatic carbocycles. The van der Waals surface area contributed by atoms with Gasteiger partial charge < -0.3 is 11.1 Å². The quantitative estimate of drug-likeness (QED) is 0.842. The first-order valence-corrected chi connectivity index (χ1v) is 7.82. The molecule has 0 spiro atoms. The molecule has 3 N–H and O–H groups in total. The van der Waals surface area contributed by atoms with Gasteiger partial charge in [-0.2, -0.15) is 0 Å². The van der Waals surface area contributed by atoms with Crippen LogP contribution in [0.2, 0.25) is 0 Å². The molecular formula is C14H19N3OS. The van der Waals surface area contributed by atoms with Crippen molar-refractivity contribution in [2.75, 3.05) is 23.9 Å². The Morgan fingerprint density at radius 2 is 2.16 bits per heavy atom. The molecular weight excluding hydrogens is 258 g/mol. The minimum absolute atomic E-state index is 0.101. The summed E-state index contributed by atoms with van der Waals surface area (Å²) in [6, 6.07) is 7.68. The fourth-order valence-corrected chi connectivity index (χ4v) is 2.21. The maximum atomic E-state index is 11.4. The molecule has 102 valence electrons. The molecule has 0 aliphatic heterocycles. The van der Waals surface area contributed by atoms with E-state index < -0.39 is 10.8 Å². The highest BCUT2D eigenvalue weighted by molar-refractivity contribution is 7.84. The summed E-state index contributed by atoms with van der Waals surface area (Å²) >= 11 is 0. The molecule has 0 saturated carbocycles. The number of fused-ring (bicyclic) bond motifs is 1. The van der Waals surface area contributed by atoms with E-state index in [9.17, 15) is 4.21 Å². The van der Waals surface area contributed by atoms with Crippen LogP contribution in [0.4, 0.5) is 11.4 Å². The largest absolute Gasteiger partial charge is 0.399 e. The minimum Gasteiger partial charge on any atom is -0.399 e. The Bertz CT molecular complexity index is 627. The number of hydrogen-bond acceptors (Lipinski definition) is 4. The van der Waals surface area contributed by atoms with Gasteiger partial charge in [0.15, 0.2) is 0 Å². The van der Waals surface area contributed by atoms with Gasteiger partial charge >= 0.3 is 0 Å². The monoisotopic (exact) mass is 277 g/mol. The summed E-state index contributed by atoms with van der Waals surface area (Å²) in [5, 5.41) is 4.45. The maximum absolute atomic E-state index is 11.4. The van der Waals surface area contributed by atoms with Crippen molar-refractivity contribution in [3.63, 3.8) is 0 Å². The molecule has 1 heterocycles. The summed E-state index contributed by atoms with van der Waals surface area (Å²) in [4.78, 5) is 4.48. The first-order valence-electron chi connectivity index (χ1n) is 6.20. The van der Waals surface area contributed by atoms with E-state index in [0.29, 0.717) is 12.2 Å². The van der Waals surface area contributed by atoms with Crippen LogP contribution in [0.5, 0.6) is 0 Å². The Balaban J connectivity index is 2.36. The molecule has 2 aromatic rings. The average Bonchev–Trinajstić information content (AvgIpc) is 2.36. The summed E-state index contributed by atoms with van der Waals surface area (Å²) in [5.41, 5.74) is 9.41. The van der Waals surface area contributed by atoms with Crippen molar-refractivity contribution < 1.29 is 4.21 Å². The molecule has 2 rings (SSSR count). The first-order chi connectivity index (χ1) is 8.97. The van der Waals surface area contributed by atoms with E-state index in [0.717, 1.165) is 22.3 Å². The zero-order valence-corrected chi connectivity index (χ0v) is 12.3. The van der Waals surface area contributed by atoms with Gasteiger partial charge in [0.1, 0.15) is 0 Å². The van der Waals surface area contributed by atoms with Crippen LogP contribution < -0.4 is 11.1 Å². The molecule has 4 nitrogen and oxygen atoms in total. The van der Waals surface area contributed by atoms with Crippen LogP contribution in [-0.2, 0) is 10.8 Å². The van der Waals surface area contributed by atoms with Crippen molar-refractivity contribution in [2.45, 2.75) is 19.1 Å². The van der Waals surface area contributed by atoms with Gasteiger partial charge in [-0.3, -0.25) is 9.19 Å². The number of nitrogens with two attached hydrogens (primary N) is 1. The molecule has 0 radical (unpaired) electrons. The van der Waals surface area contributed by atoms with Gasteiger partial charge in [-0.05, 0) is 38.1 Å². The normalized spacial score (nSPS) is 14.3.